The Balaban J connectivity index is 1.44. The summed E-state index contributed by atoms with van der Waals surface area (Å²) >= 11 is 0. The number of rotatable bonds is 4. The minimum Gasteiger partial charge on any atom is -0.382 e. The molecule has 3 heterocycles. The topological polar surface area (TPSA) is 98.3 Å². The van der Waals surface area contributed by atoms with Crippen LogP contribution in [0.15, 0.2) is 67.0 Å². The van der Waals surface area contributed by atoms with Gasteiger partial charge in [-0.1, -0.05) is 48.5 Å². The Hall–Kier alpha value is -4.00. The Bertz CT molecular complexity index is 1410. The van der Waals surface area contributed by atoms with Gasteiger partial charge in [-0.25, -0.2) is 15.0 Å². The summed E-state index contributed by atoms with van der Waals surface area (Å²) in [5, 5.41) is 5.73. The number of para-hydroxylation sites is 1. The van der Waals surface area contributed by atoms with E-state index in [1.54, 1.807) is 6.20 Å². The predicted octanol–water partition coefficient (Wildman–Crippen LogP) is 4.08. The van der Waals surface area contributed by atoms with Gasteiger partial charge < -0.3 is 10.7 Å². The smallest absolute Gasteiger partial charge is 0.201 e. The lowest BCUT2D eigenvalue weighted by atomic mass is 9.95. The molecule has 0 amide bonds. The van der Waals surface area contributed by atoms with E-state index in [1.807, 2.05) is 48.3 Å². The Labute approximate surface area is 179 Å². The zero-order valence-corrected chi connectivity index (χ0v) is 17.1. The van der Waals surface area contributed by atoms with Gasteiger partial charge in [-0.15, -0.1) is 5.10 Å². The van der Waals surface area contributed by atoms with Gasteiger partial charge in [-0.2, -0.15) is 0 Å². The maximum atomic E-state index is 6.21. The van der Waals surface area contributed by atoms with Crippen LogP contribution >= 0.6 is 0 Å². The lowest BCUT2D eigenvalue weighted by Crippen LogP contribution is -2.15. The fourth-order valence-electron chi connectivity index (χ4n) is 4.41. The third kappa shape index (κ3) is 2.73. The molecule has 31 heavy (non-hydrogen) atoms. The molecule has 0 atom stereocenters. The molecule has 2 aromatic carbocycles. The molecule has 6 rings (SSSR count). The van der Waals surface area contributed by atoms with Crippen molar-refractivity contribution < 1.29 is 0 Å². The molecule has 1 aliphatic rings. The van der Waals surface area contributed by atoms with Crippen LogP contribution in [0.2, 0.25) is 0 Å². The van der Waals surface area contributed by atoms with Gasteiger partial charge in [0.05, 0.1) is 11.6 Å². The fourth-order valence-corrected chi connectivity index (χ4v) is 4.41. The van der Waals surface area contributed by atoms with Crippen molar-refractivity contribution in [1.29, 1.82) is 0 Å². The molecule has 7 nitrogen and oxygen atoms in total. The van der Waals surface area contributed by atoms with Gasteiger partial charge >= 0.3 is 0 Å². The number of anilines is 1. The number of nitrogens with two attached hydrogens (primary N) is 1. The van der Waals surface area contributed by atoms with Gasteiger partial charge in [0, 0.05) is 29.7 Å². The number of aromatic amines is 1. The number of H-pyrrole nitrogens is 1. The van der Waals surface area contributed by atoms with E-state index in [0.717, 1.165) is 35.1 Å². The Morgan fingerprint density at radius 1 is 1.00 bits per heavy atom. The first-order valence-corrected chi connectivity index (χ1v) is 10.3. The summed E-state index contributed by atoms with van der Waals surface area (Å²) < 4.78 is 1.87. The Kier molecular flexibility index (Phi) is 3.74. The average molecular weight is 407 g/mol. The van der Waals surface area contributed by atoms with E-state index in [0.29, 0.717) is 23.0 Å². The van der Waals surface area contributed by atoms with Gasteiger partial charge in [0.25, 0.3) is 0 Å². The summed E-state index contributed by atoms with van der Waals surface area (Å²) in [6, 6.07) is 18.6. The standard InChI is InChI=1S/C24H21N7/c1-31-23(24(11-12-24)15-7-3-2-4-8-15)29-22(30-31)19-14-27-21(25)20(28-19)17-13-26-18-10-6-5-9-16(17)18/h2-10,13-14,26H,11-12H2,1H3,(H2,25,27). The van der Waals surface area contributed by atoms with Crippen LogP contribution in [0.4, 0.5) is 5.82 Å². The first-order valence-electron chi connectivity index (χ1n) is 10.3. The highest BCUT2D eigenvalue weighted by Crippen LogP contribution is 2.52. The van der Waals surface area contributed by atoms with Crippen molar-refractivity contribution in [3.8, 4) is 22.8 Å². The highest BCUT2D eigenvalue weighted by atomic mass is 15.3. The molecule has 0 radical (unpaired) electrons. The maximum Gasteiger partial charge on any atom is 0.201 e. The van der Waals surface area contributed by atoms with Crippen LogP contribution in [0.5, 0.6) is 0 Å². The largest absolute Gasteiger partial charge is 0.382 e. The number of fused-ring (bicyclic) bond motifs is 1. The molecule has 0 bridgehead atoms. The Morgan fingerprint density at radius 2 is 1.77 bits per heavy atom. The molecule has 7 heteroatoms. The summed E-state index contributed by atoms with van der Waals surface area (Å²) in [4.78, 5) is 17.4. The van der Waals surface area contributed by atoms with E-state index in [9.17, 15) is 0 Å². The zero-order valence-electron chi connectivity index (χ0n) is 17.1. The molecule has 1 fully saturated rings. The van der Waals surface area contributed by atoms with E-state index in [2.05, 4.69) is 39.3 Å². The average Bonchev–Trinajstić information content (AvgIpc) is 3.35. The monoisotopic (exact) mass is 407 g/mol. The normalized spacial score (nSPS) is 14.7. The van der Waals surface area contributed by atoms with Gasteiger partial charge in [0.15, 0.2) is 0 Å². The number of nitrogens with one attached hydrogen (secondary N) is 1. The van der Waals surface area contributed by atoms with Crippen molar-refractivity contribution in [2.45, 2.75) is 18.3 Å². The van der Waals surface area contributed by atoms with Crippen LogP contribution in [0.25, 0.3) is 33.7 Å². The minimum atomic E-state index is -0.0673. The Morgan fingerprint density at radius 3 is 2.58 bits per heavy atom. The number of nitrogen functional groups attached to an aromatic ring is 1. The molecular formula is C24H21N7. The molecule has 0 aliphatic heterocycles. The third-order valence-electron chi connectivity index (χ3n) is 6.14. The number of benzene rings is 2. The van der Waals surface area contributed by atoms with Crippen LogP contribution in [-0.4, -0.2) is 29.7 Å². The third-order valence-corrected chi connectivity index (χ3v) is 6.14. The van der Waals surface area contributed by atoms with Gasteiger partial charge in [0.2, 0.25) is 5.82 Å². The summed E-state index contributed by atoms with van der Waals surface area (Å²) in [6.45, 7) is 0. The number of hydrogen-bond donors (Lipinski definition) is 2. The highest BCUT2D eigenvalue weighted by molar-refractivity contribution is 5.96. The predicted molar refractivity (Wildman–Crippen MR) is 120 cm³/mol. The van der Waals surface area contributed by atoms with Crippen LogP contribution in [0.1, 0.15) is 24.2 Å². The van der Waals surface area contributed by atoms with Crippen molar-refractivity contribution in [2.75, 3.05) is 5.73 Å². The molecule has 1 aliphatic carbocycles. The molecule has 0 spiro atoms. The highest BCUT2D eigenvalue weighted by Gasteiger charge is 2.49. The van der Waals surface area contributed by atoms with Crippen molar-refractivity contribution in [2.24, 2.45) is 7.05 Å². The number of nitrogens with zero attached hydrogens (tertiary/aromatic N) is 5. The molecule has 3 aromatic heterocycles. The minimum absolute atomic E-state index is 0.0673. The lowest BCUT2D eigenvalue weighted by molar-refractivity contribution is 0.643. The van der Waals surface area contributed by atoms with Crippen molar-refractivity contribution >= 4 is 16.7 Å². The van der Waals surface area contributed by atoms with Crippen LogP contribution < -0.4 is 5.73 Å². The SMILES string of the molecule is Cn1nc(-c2cnc(N)c(-c3c[nH]c4ccccc34)n2)nc1C1(c2ccccc2)CC1. The van der Waals surface area contributed by atoms with E-state index in [-0.39, 0.29) is 5.41 Å². The lowest BCUT2D eigenvalue weighted by Gasteiger charge is -2.14. The first kappa shape index (κ1) is 17.8. The quantitative estimate of drug-likeness (QED) is 0.468. The maximum absolute atomic E-state index is 6.21. The molecular weight excluding hydrogens is 386 g/mol. The molecule has 0 unspecified atom stereocenters. The second-order valence-corrected chi connectivity index (χ2v) is 8.07. The second-order valence-electron chi connectivity index (χ2n) is 8.07. The van der Waals surface area contributed by atoms with Gasteiger partial charge in [-0.3, -0.25) is 4.68 Å². The molecule has 5 aromatic rings. The van der Waals surface area contributed by atoms with Crippen LogP contribution in [0.3, 0.4) is 0 Å². The van der Waals surface area contributed by atoms with Crippen LogP contribution in [-0.2, 0) is 12.5 Å². The summed E-state index contributed by atoms with van der Waals surface area (Å²) in [6.07, 6.45) is 5.70. The van der Waals surface area contributed by atoms with Crippen LogP contribution in [0, 0.1) is 0 Å². The fraction of sp³-hybridized carbons (Fsp3) is 0.167. The number of aryl methyl sites for hydroxylation is 1. The molecule has 152 valence electrons. The van der Waals surface area contributed by atoms with Gasteiger partial charge in [-0.05, 0) is 24.5 Å². The van der Waals surface area contributed by atoms with Crippen molar-refractivity contribution in [3.63, 3.8) is 0 Å². The first-order chi connectivity index (χ1) is 15.2. The number of hydrogen-bond acceptors (Lipinski definition) is 5. The second kappa shape index (κ2) is 6.50. The summed E-state index contributed by atoms with van der Waals surface area (Å²) in [5.74, 6) is 1.90. The van der Waals surface area contributed by atoms with Crippen molar-refractivity contribution in [3.05, 3.63) is 78.4 Å². The molecule has 0 saturated heterocycles. The van der Waals surface area contributed by atoms with E-state index < -0.39 is 0 Å². The summed E-state index contributed by atoms with van der Waals surface area (Å²) in [5.41, 5.74) is 10.6. The zero-order chi connectivity index (χ0) is 21.0. The van der Waals surface area contributed by atoms with E-state index in [4.69, 9.17) is 15.7 Å². The number of aromatic nitrogens is 6. The van der Waals surface area contributed by atoms with Gasteiger partial charge in [0.1, 0.15) is 23.0 Å². The van der Waals surface area contributed by atoms with E-state index >= 15 is 0 Å². The van der Waals surface area contributed by atoms with E-state index in [1.165, 1.54) is 5.56 Å². The summed E-state index contributed by atoms with van der Waals surface area (Å²) in [7, 11) is 1.94. The van der Waals surface area contributed by atoms with Crippen molar-refractivity contribution in [1.82, 2.24) is 29.7 Å². The molecule has 3 N–H and O–H groups in total. The molecule has 1 saturated carbocycles.